The zero-order valence-electron chi connectivity index (χ0n) is 39.4. The molecule has 0 spiro atoms. The van der Waals surface area contributed by atoms with Gasteiger partial charge in [0.1, 0.15) is 46.2 Å². The van der Waals surface area contributed by atoms with Crippen LogP contribution in [0.1, 0.15) is 27.7 Å². The fourth-order valence-electron chi connectivity index (χ4n) is 3.75. The third kappa shape index (κ3) is 29.2. The molecule has 0 amide bonds. The summed E-state index contributed by atoms with van der Waals surface area (Å²) >= 11 is -11.0. The van der Waals surface area contributed by atoms with Crippen LogP contribution in [0.4, 0.5) is 0 Å². The first-order valence-corrected chi connectivity index (χ1v) is 26.0. The van der Waals surface area contributed by atoms with Crippen LogP contribution in [0.15, 0.2) is 25.5 Å². The fourth-order valence-corrected chi connectivity index (χ4v) is 7.44. The van der Waals surface area contributed by atoms with Crippen molar-refractivity contribution >= 4 is 104 Å². The van der Waals surface area contributed by atoms with Crippen LogP contribution in [0.2, 0.25) is 0 Å². The van der Waals surface area contributed by atoms with Crippen LogP contribution < -0.4 is 0 Å². The molecule has 6 aliphatic rings. The molecule has 13 atom stereocenters. The summed E-state index contributed by atoms with van der Waals surface area (Å²) in [5.41, 5.74) is -0.996. The first-order chi connectivity index (χ1) is 35.5. The fraction of sp³-hybridized carbons (Fsp3) is 0.538. The van der Waals surface area contributed by atoms with Crippen LogP contribution in [0.3, 0.4) is 0 Å². The van der Waals surface area contributed by atoms with E-state index in [4.69, 9.17) is 28.7 Å². The lowest BCUT2D eigenvalue weighted by Gasteiger charge is -2.19. The highest BCUT2D eigenvalue weighted by Crippen LogP contribution is 2.16. The van der Waals surface area contributed by atoms with Crippen LogP contribution in [-0.2, 0) is 176 Å². The standard InChI is InChI=1S/C8H10O5S.2C7H8O5S.C6H8O5S.C6H6O5S.C5H6O5S/c1-4-8(2,3)12-7(9)6-5-11-14(10)13-6;1-3-5(2)11-7(8)6-4-10-13(9)12-6;1-2-3-4-10-7(8)6-5-11-13(9)12-6;2*1-2-3-9-6(7)5-4-10-12(8)11-5;1-2-8-5(6)4-3-9-11(7)10-4/h1,6H,5H2,2-3H3;1,5-6H,4H2,2H3;6H,4-5H2,1H3;2,5H,1,3-4H2;1,5H,3-4H2;2,4H,1,3H2. The van der Waals surface area contributed by atoms with E-state index in [1.807, 2.05) is 0 Å². The Bertz CT molecular complexity index is 2330. The van der Waals surface area contributed by atoms with Crippen molar-refractivity contribution in [3.05, 3.63) is 25.5 Å². The lowest BCUT2D eigenvalue weighted by atomic mass is 10.1. The molecule has 30 nitrogen and oxygen atoms in total. The third-order valence-corrected chi connectivity index (χ3v) is 11.5. The van der Waals surface area contributed by atoms with Crippen LogP contribution in [0.5, 0.6) is 0 Å². The minimum Gasteiger partial charge on any atom is -0.459 e. The summed E-state index contributed by atoms with van der Waals surface area (Å²) in [6, 6.07) is 0. The first-order valence-electron chi connectivity index (χ1n) is 20.0. The second-order valence-corrected chi connectivity index (χ2v) is 18.1. The Morgan fingerprint density at radius 3 is 1.23 bits per heavy atom. The number of carbonyl (C=O) groups excluding carboxylic acids is 6. The van der Waals surface area contributed by atoms with E-state index < -0.39 is 152 Å². The molecule has 6 fully saturated rings. The Morgan fingerprint density at radius 2 is 0.920 bits per heavy atom. The van der Waals surface area contributed by atoms with E-state index in [0.29, 0.717) is 0 Å². The van der Waals surface area contributed by atoms with Crippen molar-refractivity contribution in [1.82, 2.24) is 0 Å². The molecule has 6 heterocycles. The zero-order chi connectivity index (χ0) is 56.5. The molecule has 0 aromatic heterocycles. The molecular formula is C39H46O30S6. The van der Waals surface area contributed by atoms with E-state index in [-0.39, 0.29) is 59.5 Å². The number of terminal acetylenes is 3. The summed E-state index contributed by atoms with van der Waals surface area (Å²) in [6.07, 6.45) is 11.3. The van der Waals surface area contributed by atoms with E-state index in [1.165, 1.54) is 6.08 Å². The molecule has 0 bridgehead atoms. The molecule has 75 heavy (non-hydrogen) atoms. The number of esters is 6. The largest absolute Gasteiger partial charge is 0.459 e. The third-order valence-electron chi connectivity index (χ3n) is 7.17. The average Bonchev–Trinajstić information content (AvgIpc) is 4.27. The Balaban J connectivity index is 0.000000451. The van der Waals surface area contributed by atoms with Crippen molar-refractivity contribution in [2.24, 2.45) is 0 Å². The van der Waals surface area contributed by atoms with Crippen molar-refractivity contribution in [3.63, 3.8) is 0 Å². The van der Waals surface area contributed by atoms with E-state index in [9.17, 15) is 54.0 Å². The molecule has 0 radical (unpaired) electrons. The van der Waals surface area contributed by atoms with E-state index >= 15 is 0 Å². The predicted octanol–water partition coefficient (Wildman–Crippen LogP) is -2.44. The van der Waals surface area contributed by atoms with Gasteiger partial charge in [-0.1, -0.05) is 42.9 Å². The lowest BCUT2D eigenvalue weighted by Crippen LogP contribution is -2.34. The molecule has 6 aliphatic heterocycles. The Labute approximate surface area is 444 Å². The van der Waals surface area contributed by atoms with Gasteiger partial charge in [-0.05, 0) is 27.7 Å². The summed E-state index contributed by atoms with van der Waals surface area (Å²) in [4.78, 5) is 66.0. The summed E-state index contributed by atoms with van der Waals surface area (Å²) in [6.45, 7) is 12.6. The SMILES string of the molecule is C#CC(C)(C)OC(=O)C1COS(=O)O1.C#CC(C)OC(=O)C1COS(=O)O1.C#CCOC(=O)C1COS(=O)O1.C=CCOC(=O)C1COS(=O)O1.C=COC(=O)C1COS(=O)O1.CC#CCOC(=O)C1COS(=O)O1. The van der Waals surface area contributed by atoms with Gasteiger partial charge < -0.3 is 28.4 Å². The monoisotopic (exact) mass is 1190 g/mol. The molecule has 6 rings (SSSR count). The van der Waals surface area contributed by atoms with Gasteiger partial charge in [0.15, 0.2) is 61.5 Å². The van der Waals surface area contributed by atoms with Crippen molar-refractivity contribution in [1.29, 1.82) is 0 Å². The number of hydrogen-bond donors (Lipinski definition) is 0. The number of hydrogen-bond acceptors (Lipinski definition) is 30. The molecule has 0 aromatic carbocycles. The average molecular weight is 1190 g/mol. The van der Waals surface area contributed by atoms with Crippen molar-refractivity contribution < 1.29 is 133 Å². The highest BCUT2D eigenvalue weighted by Gasteiger charge is 2.36. The van der Waals surface area contributed by atoms with Gasteiger partial charge >= 0.3 is 104 Å². The molecule has 0 aromatic rings. The summed E-state index contributed by atoms with van der Waals surface area (Å²) in [5, 5.41) is 0. The molecule has 0 aliphatic carbocycles. The molecule has 13 unspecified atom stereocenters. The van der Waals surface area contributed by atoms with Gasteiger partial charge in [-0.2, -0.15) is 25.3 Å². The van der Waals surface area contributed by atoms with Crippen molar-refractivity contribution in [3.8, 4) is 48.9 Å². The quantitative estimate of drug-likeness (QED) is 0.0608. The van der Waals surface area contributed by atoms with Gasteiger partial charge in [-0.3, -0.25) is 50.2 Å². The lowest BCUT2D eigenvalue weighted by molar-refractivity contribution is -0.159. The Morgan fingerprint density at radius 1 is 0.573 bits per heavy atom. The van der Waals surface area contributed by atoms with E-state index in [1.54, 1.807) is 27.7 Å². The number of ether oxygens (including phenoxy) is 6. The second-order valence-electron chi connectivity index (χ2n) is 13.1. The minimum atomic E-state index is -1.86. The van der Waals surface area contributed by atoms with Gasteiger partial charge in [0.2, 0.25) is 0 Å². The normalized spacial score (nSPS) is 28.0. The van der Waals surface area contributed by atoms with Gasteiger partial charge in [0, 0.05) is 0 Å². The zero-order valence-corrected chi connectivity index (χ0v) is 44.3. The highest BCUT2D eigenvalue weighted by atomic mass is 32.2. The van der Waals surface area contributed by atoms with Crippen LogP contribution in [-0.4, -0.2) is 169 Å². The van der Waals surface area contributed by atoms with Crippen LogP contribution in [0, 0.1) is 48.9 Å². The summed E-state index contributed by atoms with van der Waals surface area (Å²) in [7, 11) is 0. The molecule has 418 valence electrons. The van der Waals surface area contributed by atoms with Crippen LogP contribution in [0.25, 0.3) is 0 Å². The number of carbonyl (C=O) groups is 6. The van der Waals surface area contributed by atoms with Gasteiger partial charge in [0.25, 0.3) is 0 Å². The van der Waals surface area contributed by atoms with Crippen molar-refractivity contribution in [2.75, 3.05) is 59.5 Å². The first kappa shape index (κ1) is 68.0. The maximum atomic E-state index is 11.3. The summed E-state index contributed by atoms with van der Waals surface area (Å²) < 4.78 is 145. The van der Waals surface area contributed by atoms with Crippen molar-refractivity contribution in [2.45, 2.75) is 76.0 Å². The molecule has 0 saturated carbocycles. The molecule has 6 saturated heterocycles. The molecule has 0 N–H and O–H groups in total. The molecule has 36 heteroatoms. The van der Waals surface area contributed by atoms with E-state index in [0.717, 1.165) is 6.26 Å². The Hall–Kier alpha value is -5.04. The maximum Gasteiger partial charge on any atom is 0.344 e. The van der Waals surface area contributed by atoms with Crippen LogP contribution >= 0.6 is 0 Å². The number of rotatable bonds is 13. The highest BCUT2D eigenvalue weighted by molar-refractivity contribution is 7.76. The smallest absolute Gasteiger partial charge is 0.344 e. The van der Waals surface area contributed by atoms with Gasteiger partial charge in [0.05, 0.1) is 6.26 Å². The minimum absolute atomic E-state index is 0.0157. The van der Waals surface area contributed by atoms with Gasteiger partial charge in [-0.15, -0.1) is 25.2 Å². The van der Waals surface area contributed by atoms with E-state index in [2.05, 4.69) is 112 Å². The Kier molecular flexibility index (Phi) is 34.1. The van der Waals surface area contributed by atoms with Gasteiger partial charge in [-0.25, -0.2) is 28.8 Å². The predicted molar refractivity (Wildman–Crippen MR) is 249 cm³/mol. The molecular weight excluding hydrogens is 1140 g/mol. The second kappa shape index (κ2) is 37.7. The maximum absolute atomic E-state index is 11.3. The summed E-state index contributed by atoms with van der Waals surface area (Å²) in [5.74, 6) is 7.93. The topological polar surface area (TPSA) is 371 Å².